The molecule has 0 saturated carbocycles. The summed E-state index contributed by atoms with van der Waals surface area (Å²) in [4.78, 5) is 32.9. The van der Waals surface area contributed by atoms with Gasteiger partial charge in [-0.1, -0.05) is 18.2 Å². The van der Waals surface area contributed by atoms with E-state index in [4.69, 9.17) is 9.47 Å². The largest absolute Gasteiger partial charge is 0.426 e. The molecule has 0 aliphatic heterocycles. The molecule has 2 rings (SSSR count). The van der Waals surface area contributed by atoms with Crippen LogP contribution < -0.4 is 9.47 Å². The second-order valence-electron chi connectivity index (χ2n) is 4.62. The number of nitrogens with zero attached hydrogens (tertiary/aromatic N) is 1. The van der Waals surface area contributed by atoms with Gasteiger partial charge < -0.3 is 9.47 Å². The van der Waals surface area contributed by atoms with Gasteiger partial charge in [0.05, 0.1) is 4.92 Å². The summed E-state index contributed by atoms with van der Waals surface area (Å²) in [5.74, 6) is -0.737. The van der Waals surface area contributed by atoms with Crippen molar-refractivity contribution in [1.29, 1.82) is 0 Å². The first-order chi connectivity index (χ1) is 10.9. The Morgan fingerprint density at radius 2 is 1.48 bits per heavy atom. The zero-order chi connectivity index (χ0) is 17.0. The second-order valence-corrected chi connectivity index (χ2v) is 4.62. The number of carbonyl (C=O) groups is 2. The monoisotopic (exact) mass is 315 g/mol. The number of benzene rings is 2. The molecular weight excluding hydrogens is 302 g/mol. The number of rotatable bonds is 4. The molecule has 7 heteroatoms. The Balaban J connectivity index is 2.64. The van der Waals surface area contributed by atoms with Crippen LogP contribution >= 0.6 is 0 Å². The summed E-state index contributed by atoms with van der Waals surface area (Å²) >= 11 is 0. The lowest BCUT2D eigenvalue weighted by molar-refractivity contribution is -0.384. The molecule has 0 spiro atoms. The van der Waals surface area contributed by atoms with Crippen LogP contribution in [-0.4, -0.2) is 16.9 Å². The van der Waals surface area contributed by atoms with E-state index in [2.05, 4.69) is 0 Å². The Bertz CT molecular complexity index is 784. The first-order valence-corrected chi connectivity index (χ1v) is 6.63. The average molecular weight is 315 g/mol. The van der Waals surface area contributed by atoms with Gasteiger partial charge in [0.15, 0.2) is 0 Å². The minimum absolute atomic E-state index is 0.141. The number of ether oxygens (including phenoxy) is 2. The highest BCUT2D eigenvalue weighted by Gasteiger charge is 2.18. The molecule has 0 aromatic heterocycles. The van der Waals surface area contributed by atoms with Crippen LogP contribution in [0.4, 0.5) is 5.69 Å². The zero-order valence-corrected chi connectivity index (χ0v) is 12.4. The molecule has 0 radical (unpaired) electrons. The van der Waals surface area contributed by atoms with Crippen LogP contribution in [0.3, 0.4) is 0 Å². The van der Waals surface area contributed by atoms with Crippen LogP contribution in [0.25, 0.3) is 11.1 Å². The lowest BCUT2D eigenvalue weighted by Gasteiger charge is -2.12. The normalized spacial score (nSPS) is 10.0. The zero-order valence-electron chi connectivity index (χ0n) is 12.4. The van der Waals surface area contributed by atoms with Crippen LogP contribution in [0.1, 0.15) is 13.8 Å². The molecule has 0 heterocycles. The van der Waals surface area contributed by atoms with Gasteiger partial charge in [0, 0.05) is 37.1 Å². The maximum absolute atomic E-state index is 11.2. The number of nitro benzene ring substituents is 1. The van der Waals surface area contributed by atoms with E-state index in [0.717, 1.165) is 0 Å². The number of hydrogen-bond acceptors (Lipinski definition) is 6. The van der Waals surface area contributed by atoms with E-state index >= 15 is 0 Å². The predicted octanol–water partition coefficient (Wildman–Crippen LogP) is 3.11. The molecule has 0 N–H and O–H groups in total. The topological polar surface area (TPSA) is 95.7 Å². The SMILES string of the molecule is CC(=O)Oc1ccccc1-c1cc([N+](=O)[O-])ccc1OC(C)=O. The van der Waals surface area contributed by atoms with E-state index in [1.807, 2.05) is 0 Å². The van der Waals surface area contributed by atoms with Crippen molar-refractivity contribution in [2.24, 2.45) is 0 Å². The Kier molecular flexibility index (Phi) is 4.70. The van der Waals surface area contributed by atoms with Crippen molar-refractivity contribution in [3.05, 3.63) is 52.6 Å². The van der Waals surface area contributed by atoms with E-state index in [-0.39, 0.29) is 22.7 Å². The maximum atomic E-state index is 11.2. The van der Waals surface area contributed by atoms with Crippen molar-refractivity contribution in [1.82, 2.24) is 0 Å². The fourth-order valence-electron chi connectivity index (χ4n) is 2.02. The second kappa shape index (κ2) is 6.69. The standard InChI is InChI=1S/C16H13NO6/c1-10(18)22-15-6-4-3-5-13(15)14-9-12(17(20)21)7-8-16(14)23-11(2)19/h3-9H,1-2H3. The number of hydrogen-bond donors (Lipinski definition) is 0. The number of para-hydroxylation sites is 1. The van der Waals surface area contributed by atoms with E-state index in [0.29, 0.717) is 5.56 Å². The Hall–Kier alpha value is -3.22. The molecule has 0 bridgehead atoms. The Labute approximate surface area is 131 Å². The smallest absolute Gasteiger partial charge is 0.308 e. The third-order valence-corrected chi connectivity index (χ3v) is 2.86. The summed E-state index contributed by atoms with van der Waals surface area (Å²) in [5, 5.41) is 11.0. The molecule has 2 aromatic rings. The molecule has 2 aromatic carbocycles. The molecule has 7 nitrogen and oxygen atoms in total. The quantitative estimate of drug-likeness (QED) is 0.372. The van der Waals surface area contributed by atoms with Gasteiger partial charge in [-0.25, -0.2) is 0 Å². The minimum atomic E-state index is -0.565. The summed E-state index contributed by atoms with van der Waals surface area (Å²) in [7, 11) is 0. The average Bonchev–Trinajstić information content (AvgIpc) is 2.47. The van der Waals surface area contributed by atoms with E-state index in [1.165, 1.54) is 32.0 Å². The van der Waals surface area contributed by atoms with Crippen molar-refractivity contribution in [3.8, 4) is 22.6 Å². The highest BCUT2D eigenvalue weighted by atomic mass is 16.6. The summed E-state index contributed by atoms with van der Waals surface area (Å²) in [6.07, 6.45) is 0. The fourth-order valence-corrected chi connectivity index (χ4v) is 2.02. The molecule has 0 unspecified atom stereocenters. The lowest BCUT2D eigenvalue weighted by Crippen LogP contribution is -2.05. The predicted molar refractivity (Wildman–Crippen MR) is 81.2 cm³/mol. The molecule has 0 amide bonds. The van der Waals surface area contributed by atoms with Crippen molar-refractivity contribution >= 4 is 17.6 Å². The molecule has 0 fully saturated rings. The van der Waals surface area contributed by atoms with Gasteiger partial charge in [-0.2, -0.15) is 0 Å². The number of nitro groups is 1. The van der Waals surface area contributed by atoms with Gasteiger partial charge in [0.25, 0.3) is 5.69 Å². The van der Waals surface area contributed by atoms with Crippen molar-refractivity contribution in [2.75, 3.05) is 0 Å². The summed E-state index contributed by atoms with van der Waals surface area (Å²) in [5.41, 5.74) is 0.516. The first-order valence-electron chi connectivity index (χ1n) is 6.63. The lowest BCUT2D eigenvalue weighted by atomic mass is 10.0. The molecule has 23 heavy (non-hydrogen) atoms. The first kappa shape index (κ1) is 16.2. The van der Waals surface area contributed by atoms with Gasteiger partial charge in [-0.15, -0.1) is 0 Å². The molecule has 0 saturated heterocycles. The van der Waals surface area contributed by atoms with Gasteiger partial charge >= 0.3 is 11.9 Å². The van der Waals surface area contributed by atoms with E-state index < -0.39 is 16.9 Å². The summed E-state index contributed by atoms with van der Waals surface area (Å²) in [6, 6.07) is 10.3. The van der Waals surface area contributed by atoms with Gasteiger partial charge in [0.1, 0.15) is 11.5 Å². The van der Waals surface area contributed by atoms with Crippen LogP contribution in [0.2, 0.25) is 0 Å². The Morgan fingerprint density at radius 3 is 2.04 bits per heavy atom. The van der Waals surface area contributed by atoms with E-state index in [9.17, 15) is 19.7 Å². The van der Waals surface area contributed by atoms with Crippen LogP contribution in [0, 0.1) is 10.1 Å². The van der Waals surface area contributed by atoms with Crippen molar-refractivity contribution < 1.29 is 24.0 Å². The number of esters is 2. The molecule has 0 aliphatic rings. The third kappa shape index (κ3) is 3.91. The number of non-ortho nitro benzene ring substituents is 1. The molecule has 0 atom stereocenters. The van der Waals surface area contributed by atoms with Crippen LogP contribution in [0.5, 0.6) is 11.5 Å². The molecule has 118 valence electrons. The number of carbonyl (C=O) groups excluding carboxylic acids is 2. The summed E-state index contributed by atoms with van der Waals surface area (Å²) < 4.78 is 10.2. The van der Waals surface area contributed by atoms with Gasteiger partial charge in [0.2, 0.25) is 0 Å². The van der Waals surface area contributed by atoms with Crippen LogP contribution in [-0.2, 0) is 9.59 Å². The van der Waals surface area contributed by atoms with E-state index in [1.54, 1.807) is 24.3 Å². The maximum Gasteiger partial charge on any atom is 0.308 e. The van der Waals surface area contributed by atoms with Gasteiger partial charge in [-0.05, 0) is 12.1 Å². The summed E-state index contributed by atoms with van der Waals surface area (Å²) in [6.45, 7) is 2.47. The van der Waals surface area contributed by atoms with Gasteiger partial charge in [-0.3, -0.25) is 19.7 Å². The van der Waals surface area contributed by atoms with Crippen molar-refractivity contribution in [2.45, 2.75) is 13.8 Å². The van der Waals surface area contributed by atoms with Crippen LogP contribution in [0.15, 0.2) is 42.5 Å². The fraction of sp³-hybridized carbons (Fsp3) is 0.125. The molecule has 0 aliphatic carbocycles. The minimum Gasteiger partial charge on any atom is -0.426 e. The molecular formula is C16H13NO6. The third-order valence-electron chi connectivity index (χ3n) is 2.86. The van der Waals surface area contributed by atoms with Crippen molar-refractivity contribution in [3.63, 3.8) is 0 Å². The highest BCUT2D eigenvalue weighted by Crippen LogP contribution is 2.38. The highest BCUT2D eigenvalue weighted by molar-refractivity contribution is 5.83. The Morgan fingerprint density at radius 1 is 0.913 bits per heavy atom.